The first kappa shape index (κ1) is 20.6. The summed E-state index contributed by atoms with van der Waals surface area (Å²) < 4.78 is 0. The number of aliphatic imine (C=N–C) groups is 1. The Labute approximate surface area is 173 Å². The minimum Gasteiger partial charge on any atom is -0.356 e. The van der Waals surface area contributed by atoms with Crippen LogP contribution in [0.4, 0.5) is 0 Å². The SMILES string of the molecule is CN=C(NCCc1ccccn1)NCC1CCCN(C)C1c1cccc(Cl)c1. The maximum absolute atomic E-state index is 6.25. The number of nitrogens with one attached hydrogen (secondary N) is 2. The van der Waals surface area contributed by atoms with Gasteiger partial charge in [0, 0.05) is 49.5 Å². The average molecular weight is 400 g/mol. The number of aromatic nitrogens is 1. The van der Waals surface area contributed by atoms with E-state index in [0.29, 0.717) is 12.0 Å². The smallest absolute Gasteiger partial charge is 0.190 e. The Kier molecular flexibility index (Phi) is 7.69. The number of hydrogen-bond donors (Lipinski definition) is 2. The predicted octanol–water partition coefficient (Wildman–Crippen LogP) is 3.53. The van der Waals surface area contributed by atoms with Crippen LogP contribution in [0.2, 0.25) is 5.02 Å². The summed E-state index contributed by atoms with van der Waals surface area (Å²) >= 11 is 6.25. The molecule has 0 aliphatic carbocycles. The molecule has 2 aromatic rings. The Balaban J connectivity index is 1.55. The highest BCUT2D eigenvalue weighted by Crippen LogP contribution is 2.35. The minimum atomic E-state index is 0.367. The Morgan fingerprint density at radius 1 is 1.25 bits per heavy atom. The van der Waals surface area contributed by atoms with E-state index in [1.165, 1.54) is 18.4 Å². The molecule has 2 atom stereocenters. The Morgan fingerprint density at radius 2 is 2.14 bits per heavy atom. The largest absolute Gasteiger partial charge is 0.356 e. The summed E-state index contributed by atoms with van der Waals surface area (Å²) in [5, 5.41) is 7.72. The van der Waals surface area contributed by atoms with Gasteiger partial charge in [-0.15, -0.1) is 0 Å². The van der Waals surface area contributed by atoms with Gasteiger partial charge in [-0.1, -0.05) is 29.8 Å². The fourth-order valence-corrected chi connectivity index (χ4v) is 4.19. The third-order valence-corrected chi connectivity index (χ3v) is 5.59. The molecule has 6 heteroatoms. The van der Waals surface area contributed by atoms with Crippen molar-refractivity contribution in [2.24, 2.45) is 10.9 Å². The number of hydrogen-bond acceptors (Lipinski definition) is 3. The minimum absolute atomic E-state index is 0.367. The monoisotopic (exact) mass is 399 g/mol. The highest BCUT2D eigenvalue weighted by molar-refractivity contribution is 6.30. The van der Waals surface area contributed by atoms with E-state index in [-0.39, 0.29) is 0 Å². The van der Waals surface area contributed by atoms with Crippen LogP contribution in [0.3, 0.4) is 0 Å². The van der Waals surface area contributed by atoms with Gasteiger partial charge in [-0.3, -0.25) is 14.9 Å². The highest BCUT2D eigenvalue weighted by atomic mass is 35.5. The lowest BCUT2D eigenvalue weighted by molar-refractivity contribution is 0.122. The first-order chi connectivity index (χ1) is 13.7. The summed E-state index contributed by atoms with van der Waals surface area (Å²) in [5.74, 6) is 1.35. The third kappa shape index (κ3) is 5.69. The normalized spacial score (nSPS) is 20.8. The van der Waals surface area contributed by atoms with Crippen molar-refractivity contribution in [3.63, 3.8) is 0 Å². The van der Waals surface area contributed by atoms with Gasteiger partial charge in [-0.25, -0.2) is 0 Å². The molecule has 1 aromatic heterocycles. The van der Waals surface area contributed by atoms with Crippen LogP contribution in [-0.4, -0.2) is 49.6 Å². The molecule has 0 saturated carbocycles. The summed E-state index contributed by atoms with van der Waals surface area (Å²) in [7, 11) is 4.02. The van der Waals surface area contributed by atoms with Gasteiger partial charge in [0.15, 0.2) is 5.96 Å². The zero-order valence-corrected chi connectivity index (χ0v) is 17.5. The average Bonchev–Trinajstić information content (AvgIpc) is 2.71. The molecule has 0 bridgehead atoms. The molecule has 1 aliphatic heterocycles. The zero-order chi connectivity index (χ0) is 19.8. The Morgan fingerprint density at radius 3 is 2.89 bits per heavy atom. The van der Waals surface area contributed by atoms with Crippen molar-refractivity contribution in [1.82, 2.24) is 20.5 Å². The van der Waals surface area contributed by atoms with Gasteiger partial charge in [-0.2, -0.15) is 0 Å². The number of pyridine rings is 1. The standard InChI is InChI=1S/C22H30ClN5/c1-24-22(26-13-11-20-10-3-4-12-25-20)27-16-18-8-6-14-28(2)21(18)17-7-5-9-19(23)15-17/h3-5,7,9-10,12,15,18,21H,6,8,11,13-14,16H2,1-2H3,(H2,24,26,27). The number of halogens is 1. The number of benzene rings is 1. The number of piperidine rings is 1. The molecule has 1 saturated heterocycles. The quantitative estimate of drug-likeness (QED) is 0.576. The fourth-order valence-electron chi connectivity index (χ4n) is 3.99. The number of nitrogens with zero attached hydrogens (tertiary/aromatic N) is 3. The van der Waals surface area contributed by atoms with Crippen LogP contribution in [0.15, 0.2) is 53.7 Å². The second kappa shape index (κ2) is 10.4. The Bertz CT molecular complexity index is 765. The van der Waals surface area contributed by atoms with E-state index in [1.807, 2.05) is 43.6 Å². The molecule has 2 N–H and O–H groups in total. The maximum Gasteiger partial charge on any atom is 0.190 e. The highest BCUT2D eigenvalue weighted by Gasteiger charge is 2.30. The van der Waals surface area contributed by atoms with Gasteiger partial charge in [0.25, 0.3) is 0 Å². The van der Waals surface area contributed by atoms with Gasteiger partial charge < -0.3 is 10.6 Å². The van der Waals surface area contributed by atoms with Gasteiger partial charge in [-0.05, 0) is 62.2 Å². The van der Waals surface area contributed by atoms with Crippen molar-refractivity contribution < 1.29 is 0 Å². The lowest BCUT2D eigenvalue weighted by Gasteiger charge is -2.40. The molecule has 2 unspecified atom stereocenters. The molecular formula is C22H30ClN5. The molecule has 1 aromatic carbocycles. The van der Waals surface area contributed by atoms with Gasteiger partial charge in [0.05, 0.1) is 0 Å². The van der Waals surface area contributed by atoms with Crippen LogP contribution in [0.1, 0.15) is 30.1 Å². The molecule has 2 heterocycles. The van der Waals surface area contributed by atoms with Crippen molar-refractivity contribution in [1.29, 1.82) is 0 Å². The fraction of sp³-hybridized carbons (Fsp3) is 0.455. The Hall–Kier alpha value is -2.11. The van der Waals surface area contributed by atoms with Gasteiger partial charge in [0.2, 0.25) is 0 Å². The molecule has 0 spiro atoms. The molecule has 1 aliphatic rings. The van der Waals surface area contributed by atoms with E-state index in [2.05, 4.69) is 44.7 Å². The third-order valence-electron chi connectivity index (χ3n) is 5.35. The van der Waals surface area contributed by atoms with Crippen LogP contribution in [0, 0.1) is 5.92 Å². The van der Waals surface area contributed by atoms with Crippen LogP contribution in [-0.2, 0) is 6.42 Å². The number of rotatable bonds is 6. The number of guanidine groups is 1. The molecule has 0 amide bonds. The summed E-state index contributed by atoms with van der Waals surface area (Å²) in [6.07, 6.45) is 5.11. The topological polar surface area (TPSA) is 52.6 Å². The van der Waals surface area contributed by atoms with Crippen molar-refractivity contribution in [3.8, 4) is 0 Å². The van der Waals surface area contributed by atoms with Crippen LogP contribution >= 0.6 is 11.6 Å². The zero-order valence-electron chi connectivity index (χ0n) is 16.7. The van der Waals surface area contributed by atoms with Crippen molar-refractivity contribution in [2.75, 3.05) is 33.7 Å². The molecule has 1 fully saturated rings. The first-order valence-electron chi connectivity index (χ1n) is 9.97. The predicted molar refractivity (Wildman–Crippen MR) is 117 cm³/mol. The molecule has 150 valence electrons. The maximum atomic E-state index is 6.25. The van der Waals surface area contributed by atoms with Gasteiger partial charge in [0.1, 0.15) is 0 Å². The van der Waals surface area contributed by atoms with Crippen molar-refractivity contribution in [3.05, 3.63) is 64.9 Å². The molecule has 0 radical (unpaired) electrons. The van der Waals surface area contributed by atoms with Crippen LogP contribution in [0.25, 0.3) is 0 Å². The van der Waals surface area contributed by atoms with Crippen LogP contribution in [0.5, 0.6) is 0 Å². The van der Waals surface area contributed by atoms with Crippen molar-refractivity contribution in [2.45, 2.75) is 25.3 Å². The molecule has 28 heavy (non-hydrogen) atoms. The summed E-state index contributed by atoms with van der Waals surface area (Å²) in [6, 6.07) is 14.6. The van der Waals surface area contributed by atoms with E-state index >= 15 is 0 Å². The lowest BCUT2D eigenvalue weighted by Crippen LogP contribution is -2.45. The lowest BCUT2D eigenvalue weighted by atomic mass is 9.85. The second-order valence-electron chi connectivity index (χ2n) is 7.33. The van der Waals surface area contributed by atoms with Gasteiger partial charge >= 0.3 is 0 Å². The first-order valence-corrected chi connectivity index (χ1v) is 10.4. The summed E-state index contributed by atoms with van der Waals surface area (Å²) in [5.41, 5.74) is 2.37. The van der Waals surface area contributed by atoms with E-state index in [0.717, 1.165) is 42.7 Å². The van der Waals surface area contributed by atoms with E-state index in [1.54, 1.807) is 0 Å². The van der Waals surface area contributed by atoms with E-state index < -0.39 is 0 Å². The molecular weight excluding hydrogens is 370 g/mol. The molecule has 5 nitrogen and oxygen atoms in total. The van der Waals surface area contributed by atoms with E-state index in [9.17, 15) is 0 Å². The summed E-state index contributed by atoms with van der Waals surface area (Å²) in [4.78, 5) is 11.2. The van der Waals surface area contributed by atoms with Crippen molar-refractivity contribution >= 4 is 17.6 Å². The van der Waals surface area contributed by atoms with E-state index in [4.69, 9.17) is 11.6 Å². The second-order valence-corrected chi connectivity index (χ2v) is 7.77. The number of likely N-dealkylation sites (tertiary alicyclic amines) is 1. The molecule has 3 rings (SSSR count). The van der Waals surface area contributed by atoms with Crippen LogP contribution < -0.4 is 10.6 Å². The summed E-state index contributed by atoms with van der Waals surface area (Å²) in [6.45, 7) is 2.80.